The third-order valence-electron chi connectivity index (χ3n) is 2.94. The molecule has 0 spiro atoms. The topological polar surface area (TPSA) is 53.4 Å². The number of aldehydes is 1. The van der Waals surface area contributed by atoms with Gasteiger partial charge < -0.3 is 10.0 Å². The van der Waals surface area contributed by atoms with Gasteiger partial charge in [0.2, 0.25) is 0 Å². The lowest BCUT2D eigenvalue weighted by Crippen LogP contribution is -2.38. The predicted octanol–water partition coefficient (Wildman–Crippen LogP) is 1.88. The maximum absolute atomic E-state index is 11.0. The van der Waals surface area contributed by atoms with E-state index in [9.17, 15) is 4.79 Å². The standard InChI is InChI=1S/C13H20N2O2/c1-3-12(4-2)15(8-9-16)13-11(10-17)6-5-7-14-13/h5-7,10,12,16H,3-4,8-9H2,1-2H3. The van der Waals surface area contributed by atoms with E-state index in [2.05, 4.69) is 18.8 Å². The van der Waals surface area contributed by atoms with Crippen molar-refractivity contribution in [2.45, 2.75) is 32.7 Å². The molecule has 0 radical (unpaired) electrons. The first-order valence-electron chi connectivity index (χ1n) is 6.06. The second kappa shape index (κ2) is 7.01. The number of aromatic nitrogens is 1. The molecule has 0 fully saturated rings. The highest BCUT2D eigenvalue weighted by Crippen LogP contribution is 2.20. The summed E-state index contributed by atoms with van der Waals surface area (Å²) in [5, 5.41) is 9.14. The number of aliphatic hydroxyl groups is 1. The summed E-state index contributed by atoms with van der Waals surface area (Å²) in [5.74, 6) is 0.672. The van der Waals surface area contributed by atoms with Crippen molar-refractivity contribution in [3.63, 3.8) is 0 Å². The summed E-state index contributed by atoms with van der Waals surface area (Å²) < 4.78 is 0. The summed E-state index contributed by atoms with van der Waals surface area (Å²) in [6.45, 7) is 4.76. The summed E-state index contributed by atoms with van der Waals surface area (Å²) in [6.07, 6.45) is 4.42. The van der Waals surface area contributed by atoms with E-state index < -0.39 is 0 Å². The minimum atomic E-state index is 0.0609. The van der Waals surface area contributed by atoms with Crippen molar-refractivity contribution in [1.82, 2.24) is 4.98 Å². The van der Waals surface area contributed by atoms with Crippen molar-refractivity contribution in [2.75, 3.05) is 18.1 Å². The predicted molar refractivity (Wildman–Crippen MR) is 68.4 cm³/mol. The van der Waals surface area contributed by atoms with Gasteiger partial charge in [0, 0.05) is 18.8 Å². The molecule has 4 nitrogen and oxygen atoms in total. The molecular weight excluding hydrogens is 216 g/mol. The normalized spacial score (nSPS) is 10.6. The zero-order chi connectivity index (χ0) is 12.7. The molecule has 0 aliphatic carbocycles. The summed E-state index contributed by atoms with van der Waals surface area (Å²) >= 11 is 0. The van der Waals surface area contributed by atoms with E-state index in [-0.39, 0.29) is 6.61 Å². The van der Waals surface area contributed by atoms with Gasteiger partial charge in [-0.25, -0.2) is 4.98 Å². The van der Waals surface area contributed by atoms with Gasteiger partial charge >= 0.3 is 0 Å². The van der Waals surface area contributed by atoms with E-state index >= 15 is 0 Å². The maximum Gasteiger partial charge on any atom is 0.153 e. The third-order valence-corrected chi connectivity index (χ3v) is 2.94. The second-order valence-electron chi connectivity index (χ2n) is 3.92. The Bertz CT molecular complexity index is 351. The Hall–Kier alpha value is -1.42. The quantitative estimate of drug-likeness (QED) is 0.734. The van der Waals surface area contributed by atoms with Gasteiger partial charge in [-0.05, 0) is 25.0 Å². The molecule has 0 aliphatic rings. The number of hydrogen-bond acceptors (Lipinski definition) is 4. The van der Waals surface area contributed by atoms with Gasteiger partial charge in [0.15, 0.2) is 6.29 Å². The van der Waals surface area contributed by atoms with Gasteiger partial charge in [-0.1, -0.05) is 13.8 Å². The molecule has 1 aromatic rings. The van der Waals surface area contributed by atoms with Crippen LogP contribution in [0, 0.1) is 0 Å². The molecule has 1 heterocycles. The minimum Gasteiger partial charge on any atom is -0.395 e. The Morgan fingerprint density at radius 2 is 2.18 bits per heavy atom. The zero-order valence-electron chi connectivity index (χ0n) is 10.5. The summed E-state index contributed by atoms with van der Waals surface area (Å²) in [4.78, 5) is 17.3. The van der Waals surface area contributed by atoms with Crippen molar-refractivity contribution in [1.29, 1.82) is 0 Å². The van der Waals surface area contributed by atoms with E-state index in [0.717, 1.165) is 19.1 Å². The summed E-state index contributed by atoms with van der Waals surface area (Å²) in [7, 11) is 0. The van der Waals surface area contributed by atoms with E-state index in [1.165, 1.54) is 0 Å². The molecular formula is C13H20N2O2. The van der Waals surface area contributed by atoms with Crippen LogP contribution in [0.2, 0.25) is 0 Å². The number of aliphatic hydroxyl groups excluding tert-OH is 1. The van der Waals surface area contributed by atoms with Crippen molar-refractivity contribution >= 4 is 12.1 Å². The van der Waals surface area contributed by atoms with Crippen LogP contribution in [0.25, 0.3) is 0 Å². The first kappa shape index (κ1) is 13.6. The molecule has 0 atom stereocenters. The van der Waals surface area contributed by atoms with Crippen LogP contribution in [0.3, 0.4) is 0 Å². The molecule has 1 aromatic heterocycles. The van der Waals surface area contributed by atoms with Crippen molar-refractivity contribution in [3.8, 4) is 0 Å². The number of anilines is 1. The van der Waals surface area contributed by atoms with Gasteiger partial charge in [-0.3, -0.25) is 4.79 Å². The Morgan fingerprint density at radius 3 is 2.71 bits per heavy atom. The Morgan fingerprint density at radius 1 is 1.47 bits per heavy atom. The number of carbonyl (C=O) groups excluding carboxylic acids is 1. The number of pyridine rings is 1. The molecule has 0 saturated heterocycles. The van der Waals surface area contributed by atoms with Crippen molar-refractivity contribution in [2.24, 2.45) is 0 Å². The van der Waals surface area contributed by atoms with Gasteiger partial charge in [-0.2, -0.15) is 0 Å². The molecule has 94 valence electrons. The van der Waals surface area contributed by atoms with Crippen LogP contribution in [-0.4, -0.2) is 35.6 Å². The van der Waals surface area contributed by atoms with E-state index in [1.807, 2.05) is 4.90 Å². The fraction of sp³-hybridized carbons (Fsp3) is 0.538. The van der Waals surface area contributed by atoms with Gasteiger partial charge in [0.1, 0.15) is 5.82 Å². The molecule has 0 aromatic carbocycles. The minimum absolute atomic E-state index is 0.0609. The molecule has 17 heavy (non-hydrogen) atoms. The highest BCUT2D eigenvalue weighted by Gasteiger charge is 2.18. The maximum atomic E-state index is 11.0. The first-order valence-corrected chi connectivity index (χ1v) is 6.06. The molecule has 0 saturated carbocycles. The smallest absolute Gasteiger partial charge is 0.153 e. The molecule has 1 rings (SSSR count). The average Bonchev–Trinajstić information content (AvgIpc) is 2.39. The number of carbonyl (C=O) groups is 1. The fourth-order valence-electron chi connectivity index (χ4n) is 2.04. The van der Waals surface area contributed by atoms with Gasteiger partial charge in [0.05, 0.1) is 12.2 Å². The lowest BCUT2D eigenvalue weighted by Gasteiger charge is -2.31. The van der Waals surface area contributed by atoms with Crippen LogP contribution in [0.1, 0.15) is 37.0 Å². The number of nitrogens with zero attached hydrogens (tertiary/aromatic N) is 2. The van der Waals surface area contributed by atoms with Crippen LogP contribution in [0.15, 0.2) is 18.3 Å². The number of hydrogen-bond donors (Lipinski definition) is 1. The van der Waals surface area contributed by atoms with E-state index in [1.54, 1.807) is 18.3 Å². The van der Waals surface area contributed by atoms with Crippen LogP contribution in [0.5, 0.6) is 0 Å². The molecule has 4 heteroatoms. The summed E-state index contributed by atoms with van der Waals surface area (Å²) in [6, 6.07) is 3.80. The van der Waals surface area contributed by atoms with Gasteiger partial charge in [0.25, 0.3) is 0 Å². The van der Waals surface area contributed by atoms with Crippen LogP contribution in [-0.2, 0) is 0 Å². The van der Waals surface area contributed by atoms with E-state index in [4.69, 9.17) is 5.11 Å². The molecule has 0 unspecified atom stereocenters. The van der Waals surface area contributed by atoms with Crippen LogP contribution in [0.4, 0.5) is 5.82 Å². The lowest BCUT2D eigenvalue weighted by molar-refractivity contribution is 0.112. The lowest BCUT2D eigenvalue weighted by atomic mass is 10.1. The van der Waals surface area contributed by atoms with Crippen LogP contribution >= 0.6 is 0 Å². The Balaban J connectivity index is 3.07. The van der Waals surface area contributed by atoms with Crippen molar-refractivity contribution < 1.29 is 9.90 Å². The highest BCUT2D eigenvalue weighted by molar-refractivity contribution is 5.82. The van der Waals surface area contributed by atoms with Crippen LogP contribution < -0.4 is 4.90 Å². The number of rotatable bonds is 7. The van der Waals surface area contributed by atoms with Gasteiger partial charge in [-0.15, -0.1) is 0 Å². The monoisotopic (exact) mass is 236 g/mol. The third kappa shape index (κ3) is 3.27. The second-order valence-corrected chi connectivity index (χ2v) is 3.92. The zero-order valence-corrected chi connectivity index (χ0v) is 10.5. The highest BCUT2D eigenvalue weighted by atomic mass is 16.3. The first-order chi connectivity index (χ1) is 8.28. The average molecular weight is 236 g/mol. The Labute approximate surface area is 102 Å². The molecule has 0 bridgehead atoms. The largest absolute Gasteiger partial charge is 0.395 e. The van der Waals surface area contributed by atoms with E-state index in [0.29, 0.717) is 24.0 Å². The fourth-order valence-corrected chi connectivity index (χ4v) is 2.04. The SMILES string of the molecule is CCC(CC)N(CCO)c1ncccc1C=O. The Kier molecular flexibility index (Phi) is 5.63. The molecule has 0 aliphatic heterocycles. The molecule has 0 amide bonds. The summed E-state index contributed by atoms with van der Waals surface area (Å²) in [5.41, 5.74) is 0.577. The van der Waals surface area contributed by atoms with Crippen molar-refractivity contribution in [3.05, 3.63) is 23.9 Å². The molecule has 1 N–H and O–H groups in total.